The molecule has 1 amide bonds. The molecule has 0 aromatic heterocycles. The third-order valence-electron chi connectivity index (χ3n) is 2.66. The minimum atomic E-state index is 0.0938. The van der Waals surface area contributed by atoms with Crippen LogP contribution in [0.3, 0.4) is 0 Å². The Balaban J connectivity index is 2.18. The molecular formula is C10H21N3O. The summed E-state index contributed by atoms with van der Waals surface area (Å²) in [5, 5.41) is 6.02. The molecule has 2 N–H and O–H groups in total. The number of rotatable bonds is 4. The number of piperidine rings is 1. The van der Waals surface area contributed by atoms with E-state index in [-0.39, 0.29) is 5.91 Å². The van der Waals surface area contributed by atoms with Crippen LogP contribution in [0.15, 0.2) is 0 Å². The van der Waals surface area contributed by atoms with E-state index in [1.54, 1.807) is 7.05 Å². The molecule has 1 aliphatic heterocycles. The summed E-state index contributed by atoms with van der Waals surface area (Å²) in [6.45, 7) is 3.77. The third kappa shape index (κ3) is 4.07. The molecule has 1 aliphatic rings. The fourth-order valence-corrected chi connectivity index (χ4v) is 1.91. The van der Waals surface area contributed by atoms with E-state index in [9.17, 15) is 4.79 Å². The highest BCUT2D eigenvalue weighted by molar-refractivity contribution is 5.77. The third-order valence-corrected chi connectivity index (χ3v) is 2.66. The standard InChI is InChI=1S/C10H21N3O/c1-11-10(14)8-13(2)7-9-4-3-5-12-6-9/h9,12H,3-8H2,1-2H3,(H,11,14). The van der Waals surface area contributed by atoms with E-state index in [1.807, 2.05) is 7.05 Å². The minimum Gasteiger partial charge on any atom is -0.358 e. The number of nitrogens with one attached hydrogen (secondary N) is 2. The first kappa shape index (κ1) is 11.5. The van der Waals surface area contributed by atoms with Crippen molar-refractivity contribution in [3.8, 4) is 0 Å². The monoisotopic (exact) mass is 199 g/mol. The van der Waals surface area contributed by atoms with Gasteiger partial charge in [0.25, 0.3) is 0 Å². The van der Waals surface area contributed by atoms with Gasteiger partial charge in [-0.25, -0.2) is 0 Å². The molecule has 14 heavy (non-hydrogen) atoms. The van der Waals surface area contributed by atoms with Gasteiger partial charge in [0.2, 0.25) is 5.91 Å². The summed E-state index contributed by atoms with van der Waals surface area (Å²) in [6, 6.07) is 0. The first-order chi connectivity index (χ1) is 6.72. The van der Waals surface area contributed by atoms with Gasteiger partial charge in [0, 0.05) is 13.6 Å². The minimum absolute atomic E-state index is 0.0938. The smallest absolute Gasteiger partial charge is 0.233 e. The molecule has 1 saturated heterocycles. The van der Waals surface area contributed by atoms with E-state index in [0.717, 1.165) is 19.6 Å². The number of likely N-dealkylation sites (N-methyl/N-ethyl adjacent to an activating group) is 2. The van der Waals surface area contributed by atoms with Crippen molar-refractivity contribution in [1.29, 1.82) is 0 Å². The molecule has 0 spiro atoms. The van der Waals surface area contributed by atoms with Gasteiger partial charge < -0.3 is 10.6 Å². The molecule has 1 fully saturated rings. The molecule has 1 unspecified atom stereocenters. The van der Waals surface area contributed by atoms with Crippen LogP contribution in [-0.2, 0) is 4.79 Å². The molecule has 0 radical (unpaired) electrons. The topological polar surface area (TPSA) is 44.4 Å². The molecule has 0 bridgehead atoms. The lowest BCUT2D eigenvalue weighted by molar-refractivity contribution is -0.121. The molecule has 1 heterocycles. The van der Waals surface area contributed by atoms with Gasteiger partial charge in [-0.15, -0.1) is 0 Å². The average molecular weight is 199 g/mol. The Kier molecular flexibility index (Phi) is 4.90. The number of hydrogen-bond acceptors (Lipinski definition) is 3. The van der Waals surface area contributed by atoms with E-state index in [2.05, 4.69) is 15.5 Å². The average Bonchev–Trinajstić information content (AvgIpc) is 2.19. The molecule has 1 rings (SSSR count). The largest absolute Gasteiger partial charge is 0.358 e. The van der Waals surface area contributed by atoms with E-state index in [1.165, 1.54) is 12.8 Å². The lowest BCUT2D eigenvalue weighted by atomic mass is 9.99. The van der Waals surface area contributed by atoms with E-state index >= 15 is 0 Å². The maximum atomic E-state index is 11.1. The van der Waals surface area contributed by atoms with Crippen LogP contribution in [0, 0.1) is 5.92 Å². The molecular weight excluding hydrogens is 178 g/mol. The number of carbonyl (C=O) groups excluding carboxylic acids is 1. The van der Waals surface area contributed by atoms with Gasteiger partial charge in [0.1, 0.15) is 0 Å². The quantitative estimate of drug-likeness (QED) is 0.651. The number of amides is 1. The van der Waals surface area contributed by atoms with Crippen LogP contribution in [0.5, 0.6) is 0 Å². The number of nitrogens with zero attached hydrogens (tertiary/aromatic N) is 1. The van der Waals surface area contributed by atoms with Gasteiger partial charge in [-0.1, -0.05) is 0 Å². The van der Waals surface area contributed by atoms with E-state index in [4.69, 9.17) is 0 Å². The van der Waals surface area contributed by atoms with Crippen LogP contribution in [-0.4, -0.2) is 51.1 Å². The second-order valence-corrected chi connectivity index (χ2v) is 4.08. The van der Waals surface area contributed by atoms with Crippen molar-refractivity contribution in [2.45, 2.75) is 12.8 Å². The molecule has 4 nitrogen and oxygen atoms in total. The lowest BCUT2D eigenvalue weighted by Crippen LogP contribution is -2.40. The molecule has 0 aromatic carbocycles. The van der Waals surface area contributed by atoms with Crippen LogP contribution >= 0.6 is 0 Å². The van der Waals surface area contributed by atoms with Crippen molar-refractivity contribution < 1.29 is 4.79 Å². The van der Waals surface area contributed by atoms with Gasteiger partial charge >= 0.3 is 0 Å². The Hall–Kier alpha value is -0.610. The Bertz CT molecular complexity index is 178. The predicted molar refractivity (Wildman–Crippen MR) is 57.2 cm³/mol. The molecule has 0 aliphatic carbocycles. The number of hydrogen-bond donors (Lipinski definition) is 2. The highest BCUT2D eigenvalue weighted by atomic mass is 16.1. The zero-order valence-corrected chi connectivity index (χ0v) is 9.18. The van der Waals surface area contributed by atoms with Crippen molar-refractivity contribution in [3.05, 3.63) is 0 Å². The fourth-order valence-electron chi connectivity index (χ4n) is 1.91. The van der Waals surface area contributed by atoms with Crippen molar-refractivity contribution in [1.82, 2.24) is 15.5 Å². The van der Waals surface area contributed by atoms with Crippen molar-refractivity contribution in [3.63, 3.8) is 0 Å². The van der Waals surface area contributed by atoms with Gasteiger partial charge in [0.05, 0.1) is 6.54 Å². The normalized spacial score (nSPS) is 22.4. The Morgan fingerprint density at radius 2 is 2.43 bits per heavy atom. The van der Waals surface area contributed by atoms with E-state index < -0.39 is 0 Å². The highest BCUT2D eigenvalue weighted by Crippen LogP contribution is 2.10. The van der Waals surface area contributed by atoms with Crippen LogP contribution in [0.4, 0.5) is 0 Å². The first-order valence-electron chi connectivity index (χ1n) is 5.32. The van der Waals surface area contributed by atoms with Gasteiger partial charge in [-0.05, 0) is 38.9 Å². The Morgan fingerprint density at radius 1 is 1.64 bits per heavy atom. The lowest BCUT2D eigenvalue weighted by Gasteiger charge is -2.27. The summed E-state index contributed by atoms with van der Waals surface area (Å²) in [4.78, 5) is 13.2. The zero-order chi connectivity index (χ0) is 10.4. The fraction of sp³-hybridized carbons (Fsp3) is 0.900. The SMILES string of the molecule is CNC(=O)CN(C)CC1CCCNC1. The Morgan fingerprint density at radius 3 is 3.00 bits per heavy atom. The van der Waals surface area contributed by atoms with Crippen LogP contribution in [0.1, 0.15) is 12.8 Å². The van der Waals surface area contributed by atoms with E-state index in [0.29, 0.717) is 12.5 Å². The molecule has 0 saturated carbocycles. The van der Waals surface area contributed by atoms with Crippen LogP contribution < -0.4 is 10.6 Å². The summed E-state index contributed by atoms with van der Waals surface area (Å²) >= 11 is 0. The Labute approximate surface area is 86.0 Å². The maximum Gasteiger partial charge on any atom is 0.233 e. The van der Waals surface area contributed by atoms with Crippen molar-refractivity contribution in [2.24, 2.45) is 5.92 Å². The second kappa shape index (κ2) is 5.98. The maximum absolute atomic E-state index is 11.1. The molecule has 4 heteroatoms. The van der Waals surface area contributed by atoms with Crippen molar-refractivity contribution in [2.75, 3.05) is 40.3 Å². The summed E-state index contributed by atoms with van der Waals surface area (Å²) in [6.07, 6.45) is 2.55. The van der Waals surface area contributed by atoms with Crippen LogP contribution in [0.25, 0.3) is 0 Å². The van der Waals surface area contributed by atoms with Gasteiger partial charge in [-0.2, -0.15) is 0 Å². The molecule has 1 atom stereocenters. The molecule has 0 aromatic rings. The van der Waals surface area contributed by atoms with Crippen LogP contribution in [0.2, 0.25) is 0 Å². The van der Waals surface area contributed by atoms with Gasteiger partial charge in [0.15, 0.2) is 0 Å². The summed E-state index contributed by atoms with van der Waals surface area (Å²) in [7, 11) is 3.68. The predicted octanol–water partition coefficient (Wildman–Crippen LogP) is -0.336. The molecule has 82 valence electrons. The first-order valence-corrected chi connectivity index (χ1v) is 5.32. The van der Waals surface area contributed by atoms with Gasteiger partial charge in [-0.3, -0.25) is 9.69 Å². The summed E-state index contributed by atoms with van der Waals surface area (Å²) in [5.74, 6) is 0.801. The number of carbonyl (C=O) groups is 1. The van der Waals surface area contributed by atoms with Crippen molar-refractivity contribution >= 4 is 5.91 Å². The zero-order valence-electron chi connectivity index (χ0n) is 9.18. The second-order valence-electron chi connectivity index (χ2n) is 4.08. The highest BCUT2D eigenvalue weighted by Gasteiger charge is 2.15. The summed E-state index contributed by atoms with van der Waals surface area (Å²) in [5.41, 5.74) is 0. The summed E-state index contributed by atoms with van der Waals surface area (Å²) < 4.78 is 0.